The summed E-state index contributed by atoms with van der Waals surface area (Å²) in [6.45, 7) is 4.37. The zero-order valence-corrected chi connectivity index (χ0v) is 16.0. The third kappa shape index (κ3) is 5.64. The fourth-order valence-corrected chi connectivity index (χ4v) is 3.80. The number of aryl methyl sites for hydroxylation is 1. The van der Waals surface area contributed by atoms with E-state index in [4.69, 9.17) is 4.74 Å². The van der Waals surface area contributed by atoms with Crippen LogP contribution in [0.2, 0.25) is 0 Å². The summed E-state index contributed by atoms with van der Waals surface area (Å²) in [7, 11) is 0. The second-order valence-electron chi connectivity index (χ2n) is 7.37. The van der Waals surface area contributed by atoms with Crippen LogP contribution in [0, 0.1) is 12.8 Å². The molecule has 4 N–H and O–H groups in total. The lowest BCUT2D eigenvalue weighted by molar-refractivity contribution is -0.121. The van der Waals surface area contributed by atoms with Crippen molar-refractivity contribution in [3.8, 4) is 0 Å². The highest BCUT2D eigenvalue weighted by atomic mass is 16.6. The lowest BCUT2D eigenvalue weighted by Crippen LogP contribution is -2.45. The molecule has 8 nitrogen and oxygen atoms in total. The predicted octanol–water partition coefficient (Wildman–Crippen LogP) is 1.16. The number of alkyl carbamates (subject to hydrolysis) is 1. The molecule has 2 amide bonds. The summed E-state index contributed by atoms with van der Waals surface area (Å²) in [5.41, 5.74) is 8.30. The summed E-state index contributed by atoms with van der Waals surface area (Å²) in [6, 6.07) is 4.10. The Morgan fingerprint density at radius 3 is 2.85 bits per heavy atom. The molecule has 0 aromatic carbocycles. The minimum Gasteiger partial charge on any atom is -0.446 e. The monoisotopic (exact) mass is 375 g/mol. The van der Waals surface area contributed by atoms with Gasteiger partial charge in [-0.1, -0.05) is 6.07 Å². The molecule has 27 heavy (non-hydrogen) atoms. The molecular weight excluding hydrogens is 346 g/mol. The van der Waals surface area contributed by atoms with Gasteiger partial charge in [-0.05, 0) is 57.1 Å². The van der Waals surface area contributed by atoms with Gasteiger partial charge in [0.05, 0.1) is 12.6 Å². The van der Waals surface area contributed by atoms with Crippen molar-refractivity contribution < 1.29 is 14.3 Å². The van der Waals surface area contributed by atoms with Crippen LogP contribution in [0.5, 0.6) is 0 Å². The molecule has 1 aliphatic carbocycles. The number of ether oxygens (including phenoxy) is 1. The van der Waals surface area contributed by atoms with Crippen LogP contribution in [-0.2, 0) is 16.0 Å². The molecule has 2 fully saturated rings. The number of amides is 2. The van der Waals surface area contributed by atoms with Crippen LogP contribution in [0.4, 0.5) is 4.79 Å². The number of aromatic nitrogens is 1. The Morgan fingerprint density at radius 1 is 1.26 bits per heavy atom. The van der Waals surface area contributed by atoms with Crippen LogP contribution in [0.1, 0.15) is 43.9 Å². The Morgan fingerprint density at radius 2 is 2.11 bits per heavy atom. The van der Waals surface area contributed by atoms with E-state index < -0.39 is 0 Å². The first-order valence-corrected chi connectivity index (χ1v) is 9.70. The minimum atomic E-state index is -0.337. The molecule has 1 aliphatic heterocycles. The molecule has 3 rings (SSSR count). The zero-order chi connectivity index (χ0) is 19.2. The molecule has 1 saturated carbocycles. The summed E-state index contributed by atoms with van der Waals surface area (Å²) in [6.07, 6.45) is 5.18. The van der Waals surface area contributed by atoms with Crippen molar-refractivity contribution in [3.05, 3.63) is 29.6 Å². The van der Waals surface area contributed by atoms with E-state index in [1.165, 1.54) is 0 Å². The number of rotatable bonds is 6. The molecule has 2 unspecified atom stereocenters. The maximum atomic E-state index is 12.2. The average Bonchev–Trinajstić information content (AvgIpc) is 3.26. The topological polar surface area (TPSA) is 104 Å². The number of hydrogen-bond acceptors (Lipinski definition) is 6. The standard InChI is InChI=1S/C19H29N5O3/c1-3-20-19(26)27-15-7-6-14(9-15)16-10-17(24-23-16)22-18(25)8-13-5-4-12(2)21-11-13/h4-5,11,14-17,23-24H,3,6-10H2,1-2H3,(H,20,26)(H,22,25)/t14-,15+,16?,17?/m0/s1. The van der Waals surface area contributed by atoms with E-state index >= 15 is 0 Å². The quantitative estimate of drug-likeness (QED) is 0.595. The summed E-state index contributed by atoms with van der Waals surface area (Å²) in [5, 5.41) is 5.69. The third-order valence-electron chi connectivity index (χ3n) is 5.19. The van der Waals surface area contributed by atoms with E-state index in [9.17, 15) is 9.59 Å². The Labute approximate surface area is 159 Å². The van der Waals surface area contributed by atoms with Gasteiger partial charge in [-0.25, -0.2) is 10.2 Å². The van der Waals surface area contributed by atoms with Crippen molar-refractivity contribution in [2.45, 2.75) is 64.3 Å². The number of carbonyl (C=O) groups is 2. The van der Waals surface area contributed by atoms with Gasteiger partial charge >= 0.3 is 6.09 Å². The number of nitrogens with zero attached hydrogens (tertiary/aromatic N) is 1. The molecule has 4 atom stereocenters. The molecule has 1 aromatic rings. The first kappa shape index (κ1) is 19.6. The van der Waals surface area contributed by atoms with E-state index in [0.717, 1.165) is 36.9 Å². The highest BCUT2D eigenvalue weighted by molar-refractivity contribution is 5.78. The molecule has 2 heterocycles. The van der Waals surface area contributed by atoms with Gasteiger partial charge in [-0.15, -0.1) is 0 Å². The van der Waals surface area contributed by atoms with E-state index in [-0.39, 0.29) is 30.3 Å². The van der Waals surface area contributed by atoms with E-state index in [1.807, 2.05) is 26.0 Å². The Bertz CT molecular complexity index is 651. The minimum absolute atomic E-state index is 0.0222. The normalized spacial score (nSPS) is 27.3. The highest BCUT2D eigenvalue weighted by Gasteiger charge is 2.37. The van der Waals surface area contributed by atoms with Crippen LogP contribution < -0.4 is 21.5 Å². The van der Waals surface area contributed by atoms with Crippen molar-refractivity contribution in [1.82, 2.24) is 26.5 Å². The van der Waals surface area contributed by atoms with Crippen molar-refractivity contribution in [3.63, 3.8) is 0 Å². The van der Waals surface area contributed by atoms with Gasteiger partial charge < -0.3 is 15.4 Å². The fraction of sp³-hybridized carbons (Fsp3) is 0.632. The second-order valence-corrected chi connectivity index (χ2v) is 7.37. The van der Waals surface area contributed by atoms with Gasteiger partial charge in [0.2, 0.25) is 5.91 Å². The Kier molecular flexibility index (Phi) is 6.63. The van der Waals surface area contributed by atoms with Crippen LogP contribution in [0.25, 0.3) is 0 Å². The molecule has 148 valence electrons. The van der Waals surface area contributed by atoms with Gasteiger partial charge in [0, 0.05) is 24.5 Å². The smallest absolute Gasteiger partial charge is 0.407 e. The third-order valence-corrected chi connectivity index (χ3v) is 5.19. The first-order chi connectivity index (χ1) is 13.0. The van der Waals surface area contributed by atoms with Gasteiger partial charge in [0.25, 0.3) is 0 Å². The summed E-state index contributed by atoms with van der Waals surface area (Å²) < 4.78 is 5.43. The molecule has 0 spiro atoms. The number of hydrogen-bond donors (Lipinski definition) is 4. The summed E-state index contributed by atoms with van der Waals surface area (Å²) >= 11 is 0. The van der Waals surface area contributed by atoms with Crippen molar-refractivity contribution in [1.29, 1.82) is 0 Å². The predicted molar refractivity (Wildman–Crippen MR) is 101 cm³/mol. The lowest BCUT2D eigenvalue weighted by atomic mass is 9.96. The number of carbonyl (C=O) groups excluding carboxylic acids is 2. The van der Waals surface area contributed by atoms with Gasteiger partial charge in [-0.3, -0.25) is 15.2 Å². The number of nitrogens with one attached hydrogen (secondary N) is 4. The molecule has 8 heteroatoms. The molecule has 0 radical (unpaired) electrons. The maximum absolute atomic E-state index is 12.2. The average molecular weight is 375 g/mol. The Balaban J connectivity index is 1.40. The van der Waals surface area contributed by atoms with E-state index in [1.54, 1.807) is 6.20 Å². The van der Waals surface area contributed by atoms with Crippen molar-refractivity contribution >= 4 is 12.0 Å². The molecule has 1 aromatic heterocycles. The fourth-order valence-electron chi connectivity index (χ4n) is 3.80. The Hall–Kier alpha value is -2.19. The van der Waals surface area contributed by atoms with Gasteiger partial charge in [0.1, 0.15) is 6.10 Å². The largest absolute Gasteiger partial charge is 0.446 e. The highest BCUT2D eigenvalue weighted by Crippen LogP contribution is 2.32. The summed E-state index contributed by atoms with van der Waals surface area (Å²) in [5.74, 6) is 0.407. The second kappa shape index (κ2) is 9.14. The number of hydrazine groups is 1. The molecule has 1 saturated heterocycles. The van der Waals surface area contributed by atoms with Crippen molar-refractivity contribution in [2.75, 3.05) is 6.54 Å². The lowest BCUT2D eigenvalue weighted by Gasteiger charge is -2.18. The first-order valence-electron chi connectivity index (χ1n) is 9.70. The van der Waals surface area contributed by atoms with Crippen LogP contribution in [0.15, 0.2) is 18.3 Å². The van der Waals surface area contributed by atoms with E-state index in [2.05, 4.69) is 26.5 Å². The zero-order valence-electron chi connectivity index (χ0n) is 16.0. The van der Waals surface area contributed by atoms with Gasteiger partial charge in [0.15, 0.2) is 0 Å². The molecule has 0 bridgehead atoms. The van der Waals surface area contributed by atoms with Crippen LogP contribution in [0.3, 0.4) is 0 Å². The maximum Gasteiger partial charge on any atom is 0.407 e. The SMILES string of the molecule is CCNC(=O)O[C@@H]1CC[C@H](C2CC(NC(=O)Cc3ccc(C)nc3)NN2)C1. The van der Waals surface area contributed by atoms with Gasteiger partial charge in [-0.2, -0.15) is 0 Å². The molecular formula is C19H29N5O3. The van der Waals surface area contributed by atoms with Crippen LogP contribution >= 0.6 is 0 Å². The van der Waals surface area contributed by atoms with Crippen LogP contribution in [-0.4, -0.2) is 41.8 Å². The molecule has 2 aliphatic rings. The number of pyridine rings is 1. The summed E-state index contributed by atoms with van der Waals surface area (Å²) in [4.78, 5) is 28.0. The van der Waals surface area contributed by atoms with E-state index in [0.29, 0.717) is 18.9 Å². The van der Waals surface area contributed by atoms with Crippen molar-refractivity contribution in [2.24, 2.45) is 5.92 Å².